The summed E-state index contributed by atoms with van der Waals surface area (Å²) in [7, 11) is 1.17. The van der Waals surface area contributed by atoms with Gasteiger partial charge in [-0.3, -0.25) is 19.8 Å². The normalized spacial score (nSPS) is 24.6. The number of likely N-dealkylation sites (tertiary alicyclic amines) is 1. The van der Waals surface area contributed by atoms with Crippen molar-refractivity contribution >= 4 is 40.8 Å². The van der Waals surface area contributed by atoms with Gasteiger partial charge in [-0.1, -0.05) is 67.9 Å². The van der Waals surface area contributed by atoms with E-state index in [0.29, 0.717) is 22.8 Å². The molecule has 0 bridgehead atoms. The van der Waals surface area contributed by atoms with Crippen molar-refractivity contribution in [3.63, 3.8) is 0 Å². The zero-order valence-corrected chi connectivity index (χ0v) is 26.8. The molecule has 2 aromatic carbocycles. The summed E-state index contributed by atoms with van der Waals surface area (Å²) >= 11 is 12.6. The number of allylic oxidation sites excluding steroid dienone is 3. The SMILES string of the molecule is C=C1/C(=C\C(Cl)=C/C)NC(=O)[C@@]12[C@H](c1cccc(Cl)c1F)[C@@H](NCc1ccc(C(=O)OC)cc1[N+](=O)[O-])[C@@H](CO)N2CC(C)C. The summed E-state index contributed by atoms with van der Waals surface area (Å²) in [5.74, 6) is -2.97. The zero-order chi connectivity index (χ0) is 33.2. The van der Waals surface area contributed by atoms with Gasteiger partial charge in [0.05, 0.1) is 35.3 Å². The standard InChI is InChI=1S/C32H35Cl2FN4O6/c1-6-21(33)13-24-18(4)32(31(42)37-24)27(22-8-7-9-23(34)28(22)35)29(26(16-40)38(32)15-17(2)3)36-14-20-11-10-19(30(41)45-5)12-25(20)39(43)44/h6-13,17,26-27,29,36,40H,4,14-16H2,1-3,5H3,(H,37,42)/b21-6+,24-13+/t26-,27-,29+,32+/m1/s1. The maximum absolute atomic E-state index is 16.0. The number of nitro groups is 1. The number of hydrogen-bond acceptors (Lipinski definition) is 8. The van der Waals surface area contributed by atoms with Crippen molar-refractivity contribution in [1.29, 1.82) is 0 Å². The Bertz CT molecular complexity index is 1600. The number of hydrogen-bond donors (Lipinski definition) is 3. The third-order valence-electron chi connectivity index (χ3n) is 8.31. The second-order valence-corrected chi connectivity index (χ2v) is 12.2. The topological polar surface area (TPSA) is 134 Å². The fourth-order valence-corrected chi connectivity index (χ4v) is 6.69. The van der Waals surface area contributed by atoms with Crippen LogP contribution in [-0.4, -0.2) is 64.7 Å². The highest BCUT2D eigenvalue weighted by Crippen LogP contribution is 2.54. The lowest BCUT2D eigenvalue weighted by Gasteiger charge is -2.40. The van der Waals surface area contributed by atoms with Crippen LogP contribution in [0.4, 0.5) is 10.1 Å². The Balaban J connectivity index is 1.93. The second kappa shape index (κ2) is 13.8. The molecule has 13 heteroatoms. The van der Waals surface area contributed by atoms with Crippen LogP contribution in [0.25, 0.3) is 0 Å². The van der Waals surface area contributed by atoms with E-state index < -0.39 is 52.8 Å². The number of amides is 1. The van der Waals surface area contributed by atoms with Crippen molar-refractivity contribution in [3.05, 3.63) is 109 Å². The maximum Gasteiger partial charge on any atom is 0.338 e. The Labute approximate surface area is 270 Å². The molecule has 10 nitrogen and oxygen atoms in total. The van der Waals surface area contributed by atoms with E-state index in [1.807, 2.05) is 18.7 Å². The molecular formula is C32H35Cl2FN4O6. The summed E-state index contributed by atoms with van der Waals surface area (Å²) in [5, 5.41) is 29.3. The Morgan fingerprint density at radius 3 is 2.67 bits per heavy atom. The number of nitrogens with one attached hydrogen (secondary N) is 2. The molecule has 0 aromatic heterocycles. The molecular weight excluding hydrogens is 626 g/mol. The van der Waals surface area contributed by atoms with Crippen LogP contribution >= 0.6 is 23.2 Å². The van der Waals surface area contributed by atoms with Crippen molar-refractivity contribution < 1.29 is 28.7 Å². The van der Waals surface area contributed by atoms with Crippen molar-refractivity contribution in [1.82, 2.24) is 15.5 Å². The summed E-state index contributed by atoms with van der Waals surface area (Å²) in [4.78, 5) is 39.6. The zero-order valence-electron chi connectivity index (χ0n) is 25.3. The van der Waals surface area contributed by atoms with Crippen LogP contribution in [0.5, 0.6) is 0 Å². The third-order valence-corrected chi connectivity index (χ3v) is 8.93. The molecule has 4 rings (SSSR count). The second-order valence-electron chi connectivity index (χ2n) is 11.3. The van der Waals surface area contributed by atoms with E-state index in [4.69, 9.17) is 27.9 Å². The number of carbonyl (C=O) groups is 2. The molecule has 4 atom stereocenters. The van der Waals surface area contributed by atoms with Gasteiger partial charge in [0.15, 0.2) is 0 Å². The number of nitrogens with zero attached hydrogens (tertiary/aromatic N) is 2. The van der Waals surface area contributed by atoms with Gasteiger partial charge in [0, 0.05) is 47.4 Å². The fourth-order valence-electron chi connectivity index (χ4n) is 6.40. The number of rotatable bonds is 10. The van der Waals surface area contributed by atoms with Gasteiger partial charge < -0.3 is 20.5 Å². The first-order valence-corrected chi connectivity index (χ1v) is 15.0. The van der Waals surface area contributed by atoms with Gasteiger partial charge in [-0.25, -0.2) is 9.18 Å². The molecule has 2 aliphatic rings. The minimum absolute atomic E-state index is 0.000702. The Morgan fingerprint density at radius 1 is 1.36 bits per heavy atom. The largest absolute Gasteiger partial charge is 0.465 e. The van der Waals surface area contributed by atoms with Crippen LogP contribution in [-0.2, 0) is 16.1 Å². The highest BCUT2D eigenvalue weighted by Gasteiger charge is 2.67. The first-order valence-electron chi connectivity index (χ1n) is 14.3. The first-order chi connectivity index (χ1) is 21.3. The highest BCUT2D eigenvalue weighted by atomic mass is 35.5. The van der Waals surface area contributed by atoms with Crippen LogP contribution in [0.2, 0.25) is 5.02 Å². The Morgan fingerprint density at radius 2 is 2.07 bits per heavy atom. The van der Waals surface area contributed by atoms with E-state index in [2.05, 4.69) is 17.2 Å². The molecule has 3 N–H and O–H groups in total. The lowest BCUT2D eigenvalue weighted by atomic mass is 9.73. The lowest BCUT2D eigenvalue weighted by Crippen LogP contribution is -2.57. The minimum atomic E-state index is -1.60. The highest BCUT2D eigenvalue weighted by molar-refractivity contribution is 6.31. The van der Waals surface area contributed by atoms with Crippen LogP contribution in [0.3, 0.4) is 0 Å². The number of aliphatic hydroxyl groups excluding tert-OH is 1. The van der Waals surface area contributed by atoms with Gasteiger partial charge in [0.1, 0.15) is 11.4 Å². The molecule has 2 aromatic rings. The molecule has 2 heterocycles. The Hall–Kier alpha value is -3.61. The summed E-state index contributed by atoms with van der Waals surface area (Å²) in [6.45, 7) is 9.70. The van der Waals surface area contributed by atoms with Gasteiger partial charge in [0.25, 0.3) is 5.69 Å². The fraction of sp³-hybridized carbons (Fsp3) is 0.375. The first kappa shape index (κ1) is 34.3. The summed E-state index contributed by atoms with van der Waals surface area (Å²) in [5.41, 5.74) is -0.933. The van der Waals surface area contributed by atoms with Crippen LogP contribution in [0, 0.1) is 21.8 Å². The number of esters is 1. The molecule has 2 fully saturated rings. The molecule has 2 aliphatic heterocycles. The van der Waals surface area contributed by atoms with E-state index in [0.717, 1.165) is 6.07 Å². The third kappa shape index (κ3) is 6.15. The minimum Gasteiger partial charge on any atom is -0.465 e. The Kier molecular flexibility index (Phi) is 10.5. The lowest BCUT2D eigenvalue weighted by molar-refractivity contribution is -0.385. The molecule has 0 saturated carbocycles. The number of carbonyl (C=O) groups excluding carboxylic acids is 2. The maximum atomic E-state index is 16.0. The number of halogens is 3. The van der Waals surface area contributed by atoms with Crippen LogP contribution < -0.4 is 10.6 Å². The summed E-state index contributed by atoms with van der Waals surface area (Å²) in [6, 6.07) is 6.84. The number of ether oxygens (including phenoxy) is 1. The number of benzene rings is 2. The molecule has 1 amide bonds. The predicted molar refractivity (Wildman–Crippen MR) is 169 cm³/mol. The van der Waals surface area contributed by atoms with E-state index in [-0.39, 0.29) is 39.9 Å². The predicted octanol–water partition coefficient (Wildman–Crippen LogP) is 5.20. The monoisotopic (exact) mass is 660 g/mol. The number of nitro benzene ring substituents is 1. The van der Waals surface area contributed by atoms with Gasteiger partial charge >= 0.3 is 5.97 Å². The van der Waals surface area contributed by atoms with E-state index in [1.165, 1.54) is 31.4 Å². The number of aliphatic hydroxyl groups is 1. The molecule has 45 heavy (non-hydrogen) atoms. The van der Waals surface area contributed by atoms with Crippen molar-refractivity contribution in [2.75, 3.05) is 20.3 Å². The quantitative estimate of drug-likeness (QED) is 0.180. The molecule has 0 unspecified atom stereocenters. The van der Waals surface area contributed by atoms with Gasteiger partial charge in [0.2, 0.25) is 5.91 Å². The average molecular weight is 662 g/mol. The smallest absolute Gasteiger partial charge is 0.338 e. The molecule has 0 aliphatic carbocycles. The molecule has 2 saturated heterocycles. The summed E-state index contributed by atoms with van der Waals surface area (Å²) < 4.78 is 20.7. The summed E-state index contributed by atoms with van der Waals surface area (Å²) in [6.07, 6.45) is 3.21. The molecule has 1 spiro atoms. The molecule has 240 valence electrons. The average Bonchev–Trinajstić information content (AvgIpc) is 3.41. The van der Waals surface area contributed by atoms with Gasteiger partial charge in [-0.2, -0.15) is 0 Å². The van der Waals surface area contributed by atoms with Crippen molar-refractivity contribution in [2.24, 2.45) is 5.92 Å². The van der Waals surface area contributed by atoms with Gasteiger partial charge in [-0.05, 0) is 42.2 Å². The molecule has 0 radical (unpaired) electrons. The van der Waals surface area contributed by atoms with Gasteiger partial charge in [-0.15, -0.1) is 0 Å². The van der Waals surface area contributed by atoms with E-state index in [1.54, 1.807) is 25.1 Å². The van der Waals surface area contributed by atoms with E-state index in [9.17, 15) is 24.8 Å². The van der Waals surface area contributed by atoms with E-state index >= 15 is 4.39 Å². The number of methoxy groups -OCH3 is 1. The van der Waals surface area contributed by atoms with Crippen LogP contribution in [0.1, 0.15) is 48.2 Å². The van der Waals surface area contributed by atoms with Crippen LogP contribution in [0.15, 0.2) is 71.4 Å². The van der Waals surface area contributed by atoms with Crippen molar-refractivity contribution in [3.8, 4) is 0 Å². The van der Waals surface area contributed by atoms with Crippen molar-refractivity contribution in [2.45, 2.75) is 50.9 Å².